The summed E-state index contributed by atoms with van der Waals surface area (Å²) in [6.45, 7) is 4.63. The lowest BCUT2D eigenvalue weighted by atomic mass is 10.0. The van der Waals surface area contributed by atoms with Gasteiger partial charge in [-0.3, -0.25) is 0 Å². The van der Waals surface area contributed by atoms with Crippen molar-refractivity contribution in [3.63, 3.8) is 0 Å². The van der Waals surface area contributed by atoms with Crippen LogP contribution in [0.15, 0.2) is 53.4 Å². The van der Waals surface area contributed by atoms with Crippen molar-refractivity contribution in [2.75, 3.05) is 25.5 Å². The van der Waals surface area contributed by atoms with Crippen LogP contribution in [0.1, 0.15) is 25.8 Å². The Morgan fingerprint density at radius 1 is 1.10 bits per heavy atom. The van der Waals surface area contributed by atoms with Gasteiger partial charge in [-0.25, -0.2) is 8.42 Å². The van der Waals surface area contributed by atoms with Gasteiger partial charge in [-0.1, -0.05) is 37.3 Å². The van der Waals surface area contributed by atoms with Crippen molar-refractivity contribution >= 4 is 9.84 Å². The SMILES string of the molecule is CCC(Cc1ccccc1)NC[C@@](C)(O)CS(=O)(=O)c1ccc2c(c1)OCCO2. The quantitative estimate of drug-likeness (QED) is 0.650. The van der Waals surface area contributed by atoms with Crippen molar-refractivity contribution < 1.29 is 23.0 Å². The standard InChI is InChI=1S/C22H29NO5S/c1-3-18(13-17-7-5-4-6-8-17)23-15-22(2,24)16-29(25,26)19-9-10-20-21(14-19)28-12-11-27-20/h4-10,14,18,23-24H,3,11-13,15-16H2,1-2H3/t18?,22-/m1/s1. The van der Waals surface area contributed by atoms with E-state index >= 15 is 0 Å². The first kappa shape index (κ1) is 21.6. The van der Waals surface area contributed by atoms with Crippen LogP contribution in [0.5, 0.6) is 11.5 Å². The molecule has 3 rings (SSSR count). The zero-order valence-corrected chi connectivity index (χ0v) is 17.7. The molecule has 158 valence electrons. The first-order valence-corrected chi connectivity index (χ1v) is 11.6. The molecule has 2 aromatic rings. The number of ether oxygens (including phenoxy) is 2. The predicted molar refractivity (Wildman–Crippen MR) is 112 cm³/mol. The first-order valence-electron chi connectivity index (χ1n) is 9.91. The number of sulfone groups is 1. The van der Waals surface area contributed by atoms with Crippen LogP contribution in [0, 0.1) is 0 Å². The Kier molecular flexibility index (Phi) is 6.82. The molecule has 0 spiro atoms. The van der Waals surface area contributed by atoms with E-state index < -0.39 is 15.4 Å². The van der Waals surface area contributed by atoms with Gasteiger partial charge >= 0.3 is 0 Å². The van der Waals surface area contributed by atoms with Crippen molar-refractivity contribution in [3.05, 3.63) is 54.1 Å². The molecule has 2 aromatic carbocycles. The molecule has 6 nitrogen and oxygen atoms in total. The lowest BCUT2D eigenvalue weighted by molar-refractivity contribution is 0.0792. The molecule has 1 unspecified atom stereocenters. The Morgan fingerprint density at radius 3 is 2.48 bits per heavy atom. The fourth-order valence-corrected chi connectivity index (χ4v) is 5.03. The second-order valence-corrected chi connectivity index (χ2v) is 9.73. The third-order valence-corrected chi connectivity index (χ3v) is 6.94. The fourth-order valence-electron chi connectivity index (χ4n) is 3.38. The Bertz CT molecular complexity index is 912. The molecule has 0 fully saturated rings. The van der Waals surface area contributed by atoms with E-state index in [1.54, 1.807) is 13.0 Å². The summed E-state index contributed by atoms with van der Waals surface area (Å²) in [6, 6.07) is 14.8. The van der Waals surface area contributed by atoms with Crippen LogP contribution in [0.25, 0.3) is 0 Å². The number of benzene rings is 2. The molecular weight excluding hydrogens is 390 g/mol. The van der Waals surface area contributed by atoms with Gasteiger partial charge in [0, 0.05) is 18.7 Å². The summed E-state index contributed by atoms with van der Waals surface area (Å²) in [5.41, 5.74) is -0.202. The highest BCUT2D eigenvalue weighted by Crippen LogP contribution is 2.33. The topological polar surface area (TPSA) is 84.9 Å². The van der Waals surface area contributed by atoms with E-state index in [1.807, 2.05) is 18.2 Å². The molecule has 1 heterocycles. The van der Waals surface area contributed by atoms with Crippen LogP contribution in [0.4, 0.5) is 0 Å². The second-order valence-electron chi connectivity index (χ2n) is 7.74. The summed E-state index contributed by atoms with van der Waals surface area (Å²) in [5, 5.41) is 14.1. The van der Waals surface area contributed by atoms with Crippen LogP contribution in [0.3, 0.4) is 0 Å². The molecule has 0 aliphatic carbocycles. The molecule has 1 aliphatic rings. The van der Waals surface area contributed by atoms with Gasteiger partial charge in [-0.2, -0.15) is 0 Å². The summed E-state index contributed by atoms with van der Waals surface area (Å²) in [4.78, 5) is 0.123. The van der Waals surface area contributed by atoms with E-state index in [0.717, 1.165) is 12.8 Å². The third-order valence-electron chi connectivity index (χ3n) is 4.96. The maximum Gasteiger partial charge on any atom is 0.181 e. The minimum atomic E-state index is -3.69. The van der Waals surface area contributed by atoms with Crippen molar-refractivity contribution in [2.24, 2.45) is 0 Å². The highest BCUT2D eigenvalue weighted by Gasteiger charge is 2.31. The fraction of sp³-hybridized carbons (Fsp3) is 0.455. The maximum absolute atomic E-state index is 12.9. The summed E-state index contributed by atoms with van der Waals surface area (Å²) in [7, 11) is -3.69. The number of hydrogen-bond acceptors (Lipinski definition) is 6. The minimum absolute atomic E-state index is 0.123. The lowest BCUT2D eigenvalue weighted by Gasteiger charge is -2.27. The van der Waals surface area contributed by atoms with Gasteiger partial charge in [0.05, 0.1) is 16.2 Å². The molecule has 0 amide bonds. The molecular formula is C22H29NO5S. The van der Waals surface area contributed by atoms with Crippen LogP contribution >= 0.6 is 0 Å². The van der Waals surface area contributed by atoms with Gasteiger partial charge in [-0.05, 0) is 37.5 Å². The summed E-state index contributed by atoms with van der Waals surface area (Å²) in [5.74, 6) is 0.577. The van der Waals surface area contributed by atoms with Crippen LogP contribution in [-0.4, -0.2) is 50.7 Å². The van der Waals surface area contributed by atoms with E-state index in [2.05, 4.69) is 24.4 Å². The average molecular weight is 420 g/mol. The Balaban J connectivity index is 1.63. The van der Waals surface area contributed by atoms with Crippen molar-refractivity contribution in [1.82, 2.24) is 5.32 Å². The Hall–Kier alpha value is -2.09. The van der Waals surface area contributed by atoms with Crippen LogP contribution in [0.2, 0.25) is 0 Å². The minimum Gasteiger partial charge on any atom is -0.486 e. The van der Waals surface area contributed by atoms with Gasteiger partial charge < -0.3 is 19.9 Å². The molecule has 7 heteroatoms. The molecule has 1 aliphatic heterocycles. The third kappa shape index (κ3) is 5.95. The number of aliphatic hydroxyl groups is 1. The molecule has 29 heavy (non-hydrogen) atoms. The molecule has 0 radical (unpaired) electrons. The average Bonchev–Trinajstić information content (AvgIpc) is 2.70. The molecule has 0 saturated carbocycles. The number of nitrogens with one attached hydrogen (secondary N) is 1. The van der Waals surface area contributed by atoms with Gasteiger partial charge in [0.2, 0.25) is 0 Å². The normalized spacial score (nSPS) is 16.8. The first-order chi connectivity index (χ1) is 13.8. The summed E-state index contributed by atoms with van der Waals surface area (Å²) in [6.07, 6.45) is 1.70. The van der Waals surface area contributed by atoms with E-state index in [-0.39, 0.29) is 23.2 Å². The summed E-state index contributed by atoms with van der Waals surface area (Å²) < 4.78 is 36.6. The monoisotopic (exact) mass is 419 g/mol. The number of hydrogen-bond donors (Lipinski definition) is 2. The van der Waals surface area contributed by atoms with Crippen molar-refractivity contribution in [2.45, 2.75) is 43.2 Å². The molecule has 2 atom stereocenters. The second kappa shape index (κ2) is 9.15. The van der Waals surface area contributed by atoms with Gasteiger partial charge in [0.1, 0.15) is 13.2 Å². The van der Waals surface area contributed by atoms with E-state index in [1.165, 1.54) is 17.7 Å². The smallest absolute Gasteiger partial charge is 0.181 e. The van der Waals surface area contributed by atoms with E-state index in [9.17, 15) is 13.5 Å². The van der Waals surface area contributed by atoms with Gasteiger partial charge in [0.15, 0.2) is 21.3 Å². The summed E-state index contributed by atoms with van der Waals surface area (Å²) >= 11 is 0. The zero-order valence-electron chi connectivity index (χ0n) is 16.9. The maximum atomic E-state index is 12.9. The Labute approximate surface area is 172 Å². The predicted octanol–water partition coefficient (Wildman–Crippen LogP) is 2.59. The van der Waals surface area contributed by atoms with Crippen molar-refractivity contribution in [3.8, 4) is 11.5 Å². The number of rotatable bonds is 9. The molecule has 0 bridgehead atoms. The zero-order chi connectivity index (χ0) is 20.9. The van der Waals surface area contributed by atoms with Crippen LogP contribution < -0.4 is 14.8 Å². The van der Waals surface area contributed by atoms with E-state index in [0.29, 0.717) is 24.7 Å². The molecule has 0 saturated heterocycles. The van der Waals surface area contributed by atoms with Crippen molar-refractivity contribution in [1.29, 1.82) is 0 Å². The molecule has 0 aromatic heterocycles. The lowest BCUT2D eigenvalue weighted by Crippen LogP contribution is -2.47. The van der Waals surface area contributed by atoms with Gasteiger partial charge in [-0.15, -0.1) is 0 Å². The molecule has 2 N–H and O–H groups in total. The highest BCUT2D eigenvalue weighted by molar-refractivity contribution is 7.91. The highest BCUT2D eigenvalue weighted by atomic mass is 32.2. The van der Waals surface area contributed by atoms with Gasteiger partial charge in [0.25, 0.3) is 0 Å². The largest absolute Gasteiger partial charge is 0.486 e. The van der Waals surface area contributed by atoms with Crippen LogP contribution in [-0.2, 0) is 16.3 Å². The Morgan fingerprint density at radius 2 is 1.79 bits per heavy atom. The van der Waals surface area contributed by atoms with E-state index in [4.69, 9.17) is 9.47 Å². The number of fused-ring (bicyclic) bond motifs is 1.